The molecular weight excluding hydrogens is 254 g/mol. The maximum absolute atomic E-state index is 6.02. The molecule has 0 aliphatic carbocycles. The predicted octanol–water partition coefficient (Wildman–Crippen LogP) is 3.23. The quantitative estimate of drug-likeness (QED) is 0.911. The Morgan fingerprint density at radius 1 is 1.32 bits per heavy atom. The molecule has 0 bridgehead atoms. The summed E-state index contributed by atoms with van der Waals surface area (Å²) in [6, 6.07) is 8.67. The zero-order valence-corrected chi connectivity index (χ0v) is 12.5. The number of hydrogen-bond donors (Lipinski definition) is 1. The molecular formula is C15H21N3S. The highest BCUT2D eigenvalue weighted by atomic mass is 32.1. The van der Waals surface area contributed by atoms with E-state index in [-0.39, 0.29) is 6.04 Å². The predicted molar refractivity (Wildman–Crippen MR) is 82.7 cm³/mol. The number of anilines is 1. The molecule has 0 aliphatic rings. The Hall–Kier alpha value is -1.39. The van der Waals surface area contributed by atoms with Crippen LogP contribution in [0, 0.1) is 0 Å². The molecule has 0 saturated carbocycles. The molecule has 2 atom stereocenters. The summed E-state index contributed by atoms with van der Waals surface area (Å²) < 4.78 is 0. The fraction of sp³-hybridized carbons (Fsp3) is 0.400. The Balaban J connectivity index is 2.16. The van der Waals surface area contributed by atoms with Gasteiger partial charge in [0.1, 0.15) is 5.82 Å². The summed E-state index contributed by atoms with van der Waals surface area (Å²) in [5.41, 5.74) is 7.12. The fourth-order valence-electron chi connectivity index (χ4n) is 2.13. The van der Waals surface area contributed by atoms with Gasteiger partial charge in [-0.3, -0.25) is 0 Å². The van der Waals surface area contributed by atoms with Gasteiger partial charge in [0.2, 0.25) is 0 Å². The van der Waals surface area contributed by atoms with Crippen LogP contribution in [0.25, 0.3) is 0 Å². The number of rotatable bonds is 5. The third-order valence-corrected chi connectivity index (χ3v) is 4.28. The second kappa shape index (κ2) is 6.17. The van der Waals surface area contributed by atoms with Crippen LogP contribution in [0.2, 0.25) is 0 Å². The summed E-state index contributed by atoms with van der Waals surface area (Å²) in [4.78, 5) is 8.12. The van der Waals surface area contributed by atoms with E-state index in [9.17, 15) is 0 Å². The molecule has 2 rings (SSSR count). The first-order chi connectivity index (χ1) is 9.09. The zero-order valence-electron chi connectivity index (χ0n) is 11.7. The monoisotopic (exact) mass is 275 g/mol. The van der Waals surface area contributed by atoms with Crippen LogP contribution >= 0.6 is 11.3 Å². The normalized spacial score (nSPS) is 14.1. The molecule has 0 saturated heterocycles. The minimum absolute atomic E-state index is 0.0000813. The lowest BCUT2D eigenvalue weighted by atomic mass is 10.1. The lowest BCUT2D eigenvalue weighted by Gasteiger charge is -2.28. The maximum atomic E-state index is 6.02. The third kappa shape index (κ3) is 3.33. The van der Waals surface area contributed by atoms with E-state index in [1.54, 1.807) is 11.3 Å². The van der Waals surface area contributed by atoms with Crippen molar-refractivity contribution in [3.63, 3.8) is 0 Å². The van der Waals surface area contributed by atoms with E-state index in [0.717, 1.165) is 17.8 Å². The van der Waals surface area contributed by atoms with Crippen molar-refractivity contribution >= 4 is 17.2 Å². The lowest BCUT2D eigenvalue weighted by molar-refractivity contribution is 0.670. The van der Waals surface area contributed by atoms with E-state index in [2.05, 4.69) is 47.4 Å². The molecule has 0 radical (unpaired) electrons. The average molecular weight is 275 g/mol. The first-order valence-electron chi connectivity index (χ1n) is 6.55. The smallest absolute Gasteiger partial charge is 0.133 e. The number of thiophene rings is 1. The van der Waals surface area contributed by atoms with Crippen LogP contribution in [0.4, 0.5) is 5.82 Å². The fourth-order valence-corrected chi connectivity index (χ4v) is 2.95. The van der Waals surface area contributed by atoms with Gasteiger partial charge >= 0.3 is 0 Å². The van der Waals surface area contributed by atoms with E-state index < -0.39 is 0 Å². The first-order valence-corrected chi connectivity index (χ1v) is 7.43. The van der Waals surface area contributed by atoms with Crippen LogP contribution in [0.5, 0.6) is 0 Å². The van der Waals surface area contributed by atoms with Gasteiger partial charge in [0.25, 0.3) is 0 Å². The van der Waals surface area contributed by atoms with Gasteiger partial charge in [-0.15, -0.1) is 11.3 Å². The van der Waals surface area contributed by atoms with Crippen LogP contribution in [0.1, 0.15) is 30.3 Å². The van der Waals surface area contributed by atoms with E-state index in [0.29, 0.717) is 6.04 Å². The number of hydrogen-bond acceptors (Lipinski definition) is 4. The molecule has 0 amide bonds. The van der Waals surface area contributed by atoms with Gasteiger partial charge in [-0.2, -0.15) is 0 Å². The minimum Gasteiger partial charge on any atom is -0.356 e. The van der Waals surface area contributed by atoms with Crippen molar-refractivity contribution in [1.29, 1.82) is 0 Å². The number of pyridine rings is 1. The molecule has 2 aromatic heterocycles. The summed E-state index contributed by atoms with van der Waals surface area (Å²) in [6.45, 7) is 4.22. The SMILES string of the molecule is CC(Cc1cccs1)N(C)c1ncccc1[C@@H](C)N. The number of nitrogens with two attached hydrogens (primary N) is 1. The maximum Gasteiger partial charge on any atom is 0.133 e. The van der Waals surface area contributed by atoms with Crippen molar-refractivity contribution in [3.8, 4) is 0 Å². The molecule has 0 aromatic carbocycles. The van der Waals surface area contributed by atoms with Crippen LogP contribution < -0.4 is 10.6 Å². The number of aromatic nitrogens is 1. The molecule has 0 aliphatic heterocycles. The lowest BCUT2D eigenvalue weighted by Crippen LogP contribution is -2.32. The van der Waals surface area contributed by atoms with Crippen molar-refractivity contribution in [3.05, 3.63) is 46.3 Å². The van der Waals surface area contributed by atoms with Gasteiger partial charge in [0.05, 0.1) is 0 Å². The van der Waals surface area contributed by atoms with Gasteiger partial charge in [0, 0.05) is 42.2 Å². The second-order valence-corrected chi connectivity index (χ2v) is 5.98. The Bertz CT molecular complexity index is 508. The Morgan fingerprint density at radius 3 is 2.74 bits per heavy atom. The van der Waals surface area contributed by atoms with Gasteiger partial charge < -0.3 is 10.6 Å². The summed E-state index contributed by atoms with van der Waals surface area (Å²) in [6.07, 6.45) is 2.86. The first kappa shape index (κ1) is 14.0. The summed E-state index contributed by atoms with van der Waals surface area (Å²) >= 11 is 1.80. The third-order valence-electron chi connectivity index (χ3n) is 3.38. The van der Waals surface area contributed by atoms with Crippen molar-refractivity contribution < 1.29 is 0 Å². The number of nitrogens with zero attached hydrogens (tertiary/aromatic N) is 2. The van der Waals surface area contributed by atoms with Gasteiger partial charge in [-0.05, 0) is 31.4 Å². The highest BCUT2D eigenvalue weighted by Gasteiger charge is 2.17. The molecule has 2 heterocycles. The molecule has 1 unspecified atom stereocenters. The molecule has 4 heteroatoms. The van der Waals surface area contributed by atoms with E-state index in [4.69, 9.17) is 5.73 Å². The highest BCUT2D eigenvalue weighted by Crippen LogP contribution is 2.24. The Morgan fingerprint density at radius 2 is 2.11 bits per heavy atom. The van der Waals surface area contributed by atoms with Crippen LogP contribution in [0.3, 0.4) is 0 Å². The minimum atomic E-state index is 0.0000813. The Labute approximate surface area is 119 Å². The summed E-state index contributed by atoms with van der Waals surface area (Å²) in [5, 5.41) is 2.12. The summed E-state index contributed by atoms with van der Waals surface area (Å²) in [5.74, 6) is 0.988. The molecule has 19 heavy (non-hydrogen) atoms. The largest absolute Gasteiger partial charge is 0.356 e. The molecule has 2 aromatic rings. The highest BCUT2D eigenvalue weighted by molar-refractivity contribution is 7.09. The Kier molecular flexibility index (Phi) is 4.56. The second-order valence-electron chi connectivity index (χ2n) is 4.95. The van der Waals surface area contributed by atoms with Gasteiger partial charge in [-0.1, -0.05) is 12.1 Å². The van der Waals surface area contributed by atoms with Crippen LogP contribution in [-0.4, -0.2) is 18.1 Å². The van der Waals surface area contributed by atoms with E-state index in [1.165, 1.54) is 4.88 Å². The van der Waals surface area contributed by atoms with Crippen molar-refractivity contribution in [1.82, 2.24) is 4.98 Å². The van der Waals surface area contributed by atoms with Crippen molar-refractivity contribution in [2.45, 2.75) is 32.4 Å². The topological polar surface area (TPSA) is 42.2 Å². The van der Waals surface area contributed by atoms with Gasteiger partial charge in [0.15, 0.2) is 0 Å². The zero-order chi connectivity index (χ0) is 13.8. The van der Waals surface area contributed by atoms with E-state index >= 15 is 0 Å². The molecule has 0 fully saturated rings. The summed E-state index contributed by atoms with van der Waals surface area (Å²) in [7, 11) is 2.09. The van der Waals surface area contributed by atoms with E-state index in [1.807, 2.05) is 19.2 Å². The van der Waals surface area contributed by atoms with Crippen molar-refractivity contribution in [2.75, 3.05) is 11.9 Å². The number of likely N-dealkylation sites (N-methyl/N-ethyl adjacent to an activating group) is 1. The van der Waals surface area contributed by atoms with Crippen LogP contribution in [0.15, 0.2) is 35.8 Å². The van der Waals surface area contributed by atoms with Crippen molar-refractivity contribution in [2.24, 2.45) is 5.73 Å². The van der Waals surface area contributed by atoms with Gasteiger partial charge in [-0.25, -0.2) is 4.98 Å². The standard InChI is InChI=1S/C15H21N3S/c1-11(10-13-6-5-9-19-13)18(3)15-14(12(2)16)7-4-8-17-15/h4-9,11-12H,10,16H2,1-3H3/t11?,12-/m1/s1. The van der Waals surface area contributed by atoms with Crippen LogP contribution in [-0.2, 0) is 6.42 Å². The average Bonchev–Trinajstić information content (AvgIpc) is 2.90. The molecule has 0 spiro atoms. The molecule has 102 valence electrons. The molecule has 3 nitrogen and oxygen atoms in total. The molecule has 2 N–H and O–H groups in total.